The fourth-order valence-corrected chi connectivity index (χ4v) is 1.67. The fourth-order valence-electron chi connectivity index (χ4n) is 1.67. The zero-order valence-electron chi connectivity index (χ0n) is 11.8. The Morgan fingerprint density at radius 2 is 1.89 bits per heavy atom. The summed E-state index contributed by atoms with van der Waals surface area (Å²) in [4.78, 5) is 11.6. The van der Waals surface area contributed by atoms with Crippen LogP contribution in [-0.4, -0.2) is 44.0 Å². The predicted octanol–water partition coefficient (Wildman–Crippen LogP) is 2.28. The van der Waals surface area contributed by atoms with E-state index in [0.29, 0.717) is 0 Å². The number of carbonyl (C=O) groups is 1. The highest BCUT2D eigenvalue weighted by molar-refractivity contribution is 5.80. The standard InChI is InChI=1S/C12H22F3NO3/c1-9(2)16-11(3,10(17)18-4)8-19-7-5-6-12(13,14)15/h9,16H,5-8H2,1-4H3. The lowest BCUT2D eigenvalue weighted by Crippen LogP contribution is -2.56. The zero-order valence-corrected chi connectivity index (χ0v) is 11.8. The number of alkyl halides is 3. The van der Waals surface area contributed by atoms with Gasteiger partial charge in [0.15, 0.2) is 0 Å². The number of ether oxygens (including phenoxy) is 2. The molecule has 0 aromatic rings. The van der Waals surface area contributed by atoms with Gasteiger partial charge < -0.3 is 9.47 Å². The van der Waals surface area contributed by atoms with Crippen LogP contribution in [0.15, 0.2) is 0 Å². The van der Waals surface area contributed by atoms with Gasteiger partial charge in [-0.15, -0.1) is 0 Å². The summed E-state index contributed by atoms with van der Waals surface area (Å²) in [5, 5.41) is 2.99. The quantitative estimate of drug-likeness (QED) is 0.549. The molecule has 19 heavy (non-hydrogen) atoms. The topological polar surface area (TPSA) is 47.6 Å². The third kappa shape index (κ3) is 8.05. The number of hydrogen-bond acceptors (Lipinski definition) is 4. The first-order valence-corrected chi connectivity index (χ1v) is 6.11. The summed E-state index contributed by atoms with van der Waals surface area (Å²) >= 11 is 0. The molecule has 0 aliphatic heterocycles. The molecule has 0 aliphatic rings. The van der Waals surface area contributed by atoms with Crippen LogP contribution in [0, 0.1) is 0 Å². The molecule has 114 valence electrons. The van der Waals surface area contributed by atoms with E-state index in [1.807, 2.05) is 13.8 Å². The van der Waals surface area contributed by atoms with Crippen molar-refractivity contribution in [3.63, 3.8) is 0 Å². The van der Waals surface area contributed by atoms with Crippen molar-refractivity contribution >= 4 is 5.97 Å². The second-order valence-corrected chi connectivity index (χ2v) is 4.89. The Bertz CT molecular complexity index is 282. The molecule has 4 nitrogen and oxygen atoms in total. The summed E-state index contributed by atoms with van der Waals surface area (Å²) in [6.45, 7) is 5.22. The van der Waals surface area contributed by atoms with Gasteiger partial charge in [0.05, 0.1) is 13.7 Å². The van der Waals surface area contributed by atoms with Gasteiger partial charge in [0, 0.05) is 19.1 Å². The van der Waals surface area contributed by atoms with Gasteiger partial charge in [-0.25, -0.2) is 4.79 Å². The van der Waals surface area contributed by atoms with Crippen molar-refractivity contribution in [3.8, 4) is 0 Å². The Morgan fingerprint density at radius 3 is 2.32 bits per heavy atom. The average molecular weight is 285 g/mol. The first kappa shape index (κ1) is 18.2. The summed E-state index contributed by atoms with van der Waals surface area (Å²) in [6.07, 6.45) is -5.19. The minimum atomic E-state index is -4.18. The molecule has 1 atom stereocenters. The normalized spacial score (nSPS) is 15.4. The van der Waals surface area contributed by atoms with Crippen molar-refractivity contribution in [2.75, 3.05) is 20.3 Å². The van der Waals surface area contributed by atoms with E-state index in [-0.39, 0.29) is 25.7 Å². The van der Waals surface area contributed by atoms with E-state index in [0.717, 1.165) is 0 Å². The molecule has 0 bridgehead atoms. The molecule has 0 saturated heterocycles. The number of rotatable bonds is 8. The van der Waals surface area contributed by atoms with E-state index in [1.54, 1.807) is 6.92 Å². The average Bonchev–Trinajstić information content (AvgIpc) is 2.24. The second-order valence-electron chi connectivity index (χ2n) is 4.89. The summed E-state index contributed by atoms with van der Waals surface area (Å²) in [6, 6.07) is 0.0166. The second kappa shape index (κ2) is 7.69. The van der Waals surface area contributed by atoms with Crippen molar-refractivity contribution in [2.24, 2.45) is 0 Å². The summed E-state index contributed by atoms with van der Waals surface area (Å²) in [5.74, 6) is -0.503. The van der Waals surface area contributed by atoms with Crippen LogP contribution in [-0.2, 0) is 14.3 Å². The van der Waals surface area contributed by atoms with E-state index in [1.165, 1.54) is 7.11 Å². The van der Waals surface area contributed by atoms with Crippen LogP contribution in [0.25, 0.3) is 0 Å². The van der Waals surface area contributed by atoms with E-state index in [2.05, 4.69) is 10.1 Å². The lowest BCUT2D eigenvalue weighted by molar-refractivity contribution is -0.152. The van der Waals surface area contributed by atoms with Crippen LogP contribution < -0.4 is 5.32 Å². The van der Waals surface area contributed by atoms with Gasteiger partial charge in [0.1, 0.15) is 5.54 Å². The van der Waals surface area contributed by atoms with Gasteiger partial charge in [-0.3, -0.25) is 5.32 Å². The molecule has 0 amide bonds. The fraction of sp³-hybridized carbons (Fsp3) is 0.917. The van der Waals surface area contributed by atoms with Crippen molar-refractivity contribution in [2.45, 2.75) is 51.4 Å². The van der Waals surface area contributed by atoms with Gasteiger partial charge in [0.25, 0.3) is 0 Å². The highest BCUT2D eigenvalue weighted by Gasteiger charge is 2.35. The van der Waals surface area contributed by atoms with Gasteiger partial charge in [-0.1, -0.05) is 0 Å². The maximum atomic E-state index is 11.9. The van der Waals surface area contributed by atoms with Crippen LogP contribution in [0.2, 0.25) is 0 Å². The lowest BCUT2D eigenvalue weighted by atomic mass is 10.0. The number of hydrogen-bond donors (Lipinski definition) is 1. The van der Waals surface area contributed by atoms with Crippen LogP contribution >= 0.6 is 0 Å². The Hall–Kier alpha value is -0.820. The molecular weight excluding hydrogens is 263 g/mol. The van der Waals surface area contributed by atoms with Crippen LogP contribution in [0.1, 0.15) is 33.6 Å². The lowest BCUT2D eigenvalue weighted by Gasteiger charge is -2.29. The van der Waals surface area contributed by atoms with Crippen LogP contribution in [0.4, 0.5) is 13.2 Å². The maximum absolute atomic E-state index is 11.9. The highest BCUT2D eigenvalue weighted by Crippen LogP contribution is 2.21. The molecule has 1 unspecified atom stereocenters. The largest absolute Gasteiger partial charge is 0.468 e. The summed E-state index contributed by atoms with van der Waals surface area (Å²) < 4.78 is 45.6. The molecule has 1 N–H and O–H groups in total. The highest BCUT2D eigenvalue weighted by atomic mass is 19.4. The smallest absolute Gasteiger partial charge is 0.389 e. The Morgan fingerprint density at radius 1 is 1.32 bits per heavy atom. The SMILES string of the molecule is COC(=O)C(C)(COCCCC(F)(F)F)NC(C)C. The molecule has 0 spiro atoms. The first-order valence-electron chi connectivity index (χ1n) is 6.11. The number of methoxy groups -OCH3 is 1. The molecular formula is C12H22F3NO3. The molecule has 0 aliphatic carbocycles. The molecule has 0 rings (SSSR count). The number of nitrogens with one attached hydrogen (secondary N) is 1. The minimum Gasteiger partial charge on any atom is -0.468 e. The van der Waals surface area contributed by atoms with Crippen molar-refractivity contribution in [1.82, 2.24) is 5.32 Å². The minimum absolute atomic E-state index is 0.0166. The number of esters is 1. The van der Waals surface area contributed by atoms with Crippen molar-refractivity contribution in [3.05, 3.63) is 0 Å². The monoisotopic (exact) mass is 285 g/mol. The van der Waals surface area contributed by atoms with E-state index < -0.39 is 24.1 Å². The van der Waals surface area contributed by atoms with Crippen LogP contribution in [0.5, 0.6) is 0 Å². The van der Waals surface area contributed by atoms with E-state index in [9.17, 15) is 18.0 Å². The van der Waals surface area contributed by atoms with Gasteiger partial charge in [-0.05, 0) is 27.2 Å². The molecule has 0 radical (unpaired) electrons. The third-order valence-corrected chi connectivity index (χ3v) is 2.38. The molecule has 0 aromatic carbocycles. The molecule has 0 saturated carbocycles. The molecule has 0 aromatic heterocycles. The van der Waals surface area contributed by atoms with Gasteiger partial charge in [0.2, 0.25) is 0 Å². The van der Waals surface area contributed by atoms with E-state index in [4.69, 9.17) is 4.74 Å². The van der Waals surface area contributed by atoms with Gasteiger partial charge >= 0.3 is 12.1 Å². The third-order valence-electron chi connectivity index (χ3n) is 2.38. The maximum Gasteiger partial charge on any atom is 0.389 e. The molecule has 0 heterocycles. The Balaban J connectivity index is 4.18. The zero-order chi connectivity index (χ0) is 15.1. The van der Waals surface area contributed by atoms with E-state index >= 15 is 0 Å². The Labute approximate surface area is 111 Å². The number of carbonyl (C=O) groups excluding carboxylic acids is 1. The Kier molecular flexibility index (Phi) is 7.36. The van der Waals surface area contributed by atoms with Crippen LogP contribution in [0.3, 0.4) is 0 Å². The first-order chi connectivity index (χ1) is 8.60. The predicted molar refractivity (Wildman–Crippen MR) is 64.8 cm³/mol. The molecule has 7 heteroatoms. The van der Waals surface area contributed by atoms with Crippen molar-refractivity contribution < 1.29 is 27.4 Å². The van der Waals surface area contributed by atoms with Crippen molar-refractivity contribution in [1.29, 1.82) is 0 Å². The number of halogens is 3. The summed E-state index contributed by atoms with van der Waals surface area (Å²) in [7, 11) is 1.26. The van der Waals surface area contributed by atoms with Gasteiger partial charge in [-0.2, -0.15) is 13.2 Å². The molecule has 0 fully saturated rings. The summed E-state index contributed by atoms with van der Waals surface area (Å²) in [5.41, 5.74) is -1.05.